The van der Waals surface area contributed by atoms with Crippen LogP contribution in [-0.2, 0) is 12.7 Å². The molecular formula is C12H6Br2F3NO2S. The van der Waals surface area contributed by atoms with Gasteiger partial charge >= 0.3 is 6.18 Å². The second kappa shape index (κ2) is 6.05. The van der Waals surface area contributed by atoms with Crippen LogP contribution in [0.3, 0.4) is 0 Å². The Labute approximate surface area is 137 Å². The molecule has 0 spiro atoms. The van der Waals surface area contributed by atoms with Crippen LogP contribution in [0.25, 0.3) is 0 Å². The lowest BCUT2D eigenvalue weighted by atomic mass is 10.2. The minimum absolute atomic E-state index is 0.232. The van der Waals surface area contributed by atoms with E-state index in [1.165, 1.54) is 17.4 Å². The Kier molecular flexibility index (Phi) is 4.74. The topological polar surface area (TPSA) is 39.1 Å². The standard InChI is InChI=1S/C12H6Br2F3NO2S/c13-9-4-6(11(14)21-9)7(19)5-18-8(12(15,16)17)2-1-3-10(18)20/h1-4H,5H2. The lowest BCUT2D eigenvalue weighted by Crippen LogP contribution is -2.30. The van der Waals surface area contributed by atoms with Crippen LogP contribution in [0.5, 0.6) is 0 Å². The highest BCUT2D eigenvalue weighted by Gasteiger charge is 2.34. The van der Waals surface area contributed by atoms with Gasteiger partial charge in [0.1, 0.15) is 5.69 Å². The number of pyridine rings is 1. The summed E-state index contributed by atoms with van der Waals surface area (Å²) >= 11 is 7.58. The molecule has 0 aromatic carbocycles. The molecule has 0 radical (unpaired) electrons. The number of hydrogen-bond donors (Lipinski definition) is 0. The third-order valence-electron chi connectivity index (χ3n) is 2.60. The number of rotatable bonds is 3. The molecule has 112 valence electrons. The Morgan fingerprint density at radius 2 is 1.95 bits per heavy atom. The van der Waals surface area contributed by atoms with Crippen molar-refractivity contribution in [1.82, 2.24) is 4.57 Å². The summed E-state index contributed by atoms with van der Waals surface area (Å²) in [7, 11) is 0. The predicted molar refractivity (Wildman–Crippen MR) is 79.8 cm³/mol. The number of nitrogens with zero attached hydrogens (tertiary/aromatic N) is 1. The molecule has 9 heteroatoms. The third-order valence-corrected chi connectivity index (χ3v) is 4.94. The Balaban J connectivity index is 2.43. The maximum atomic E-state index is 12.9. The Morgan fingerprint density at radius 1 is 1.29 bits per heavy atom. The van der Waals surface area contributed by atoms with Crippen LogP contribution >= 0.6 is 43.2 Å². The number of hydrogen-bond acceptors (Lipinski definition) is 3. The van der Waals surface area contributed by atoms with Crippen LogP contribution < -0.4 is 5.56 Å². The highest BCUT2D eigenvalue weighted by Crippen LogP contribution is 2.33. The van der Waals surface area contributed by atoms with E-state index in [1.807, 2.05) is 0 Å². The van der Waals surface area contributed by atoms with Gasteiger partial charge in [-0.1, -0.05) is 6.07 Å². The van der Waals surface area contributed by atoms with Crippen LogP contribution in [0.4, 0.5) is 13.2 Å². The maximum absolute atomic E-state index is 12.9. The van der Waals surface area contributed by atoms with Crippen molar-refractivity contribution in [2.75, 3.05) is 0 Å². The average Bonchev–Trinajstić information content (AvgIpc) is 2.69. The van der Waals surface area contributed by atoms with Crippen LogP contribution in [0.15, 0.2) is 36.6 Å². The number of carbonyl (C=O) groups excluding carboxylic acids is 1. The van der Waals surface area contributed by atoms with Gasteiger partial charge in [-0.3, -0.25) is 14.2 Å². The van der Waals surface area contributed by atoms with Crippen molar-refractivity contribution >= 4 is 49.0 Å². The summed E-state index contributed by atoms with van der Waals surface area (Å²) in [5.41, 5.74) is -1.78. The largest absolute Gasteiger partial charge is 0.431 e. The van der Waals surface area contributed by atoms with E-state index in [4.69, 9.17) is 0 Å². The summed E-state index contributed by atoms with van der Waals surface area (Å²) in [4.78, 5) is 23.7. The van der Waals surface area contributed by atoms with E-state index in [1.54, 1.807) is 0 Å². The molecule has 0 aliphatic heterocycles. The monoisotopic (exact) mass is 443 g/mol. The fraction of sp³-hybridized carbons (Fsp3) is 0.167. The molecule has 2 aromatic heterocycles. The van der Waals surface area contributed by atoms with Crippen LogP contribution in [0.2, 0.25) is 0 Å². The van der Waals surface area contributed by atoms with Crippen LogP contribution in [-0.4, -0.2) is 10.4 Å². The van der Waals surface area contributed by atoms with Gasteiger partial charge in [0, 0.05) is 11.6 Å². The fourth-order valence-electron chi connectivity index (χ4n) is 1.69. The van der Waals surface area contributed by atoms with Gasteiger partial charge in [0.15, 0.2) is 5.78 Å². The van der Waals surface area contributed by atoms with E-state index in [0.29, 0.717) is 12.1 Å². The summed E-state index contributed by atoms with van der Waals surface area (Å²) in [5, 5.41) is 0. The number of aromatic nitrogens is 1. The smallest absolute Gasteiger partial charge is 0.297 e. The molecule has 0 unspecified atom stereocenters. The zero-order chi connectivity index (χ0) is 15.8. The van der Waals surface area contributed by atoms with E-state index in [-0.39, 0.29) is 5.56 Å². The zero-order valence-electron chi connectivity index (χ0n) is 10.1. The van der Waals surface area contributed by atoms with Crippen molar-refractivity contribution < 1.29 is 18.0 Å². The minimum Gasteiger partial charge on any atom is -0.297 e. The first-order valence-corrected chi connectivity index (χ1v) is 7.85. The number of ketones is 1. The van der Waals surface area contributed by atoms with E-state index in [9.17, 15) is 22.8 Å². The van der Waals surface area contributed by atoms with Gasteiger partial charge < -0.3 is 0 Å². The van der Waals surface area contributed by atoms with Gasteiger partial charge in [0.25, 0.3) is 5.56 Å². The van der Waals surface area contributed by atoms with Gasteiger partial charge in [-0.2, -0.15) is 13.2 Å². The Bertz CT molecular complexity index is 752. The summed E-state index contributed by atoms with van der Waals surface area (Å²) in [6.45, 7) is -0.670. The molecule has 0 bridgehead atoms. The van der Waals surface area contributed by atoms with Crippen molar-refractivity contribution in [1.29, 1.82) is 0 Å². The van der Waals surface area contributed by atoms with Crippen molar-refractivity contribution in [3.63, 3.8) is 0 Å². The quantitative estimate of drug-likeness (QED) is 0.660. The van der Waals surface area contributed by atoms with Crippen molar-refractivity contribution in [3.8, 4) is 0 Å². The minimum atomic E-state index is -4.70. The van der Waals surface area contributed by atoms with Gasteiger partial charge in [-0.15, -0.1) is 11.3 Å². The first-order chi connectivity index (χ1) is 9.70. The first kappa shape index (κ1) is 16.4. The molecule has 3 nitrogen and oxygen atoms in total. The number of carbonyl (C=O) groups is 1. The van der Waals surface area contributed by atoms with Gasteiger partial charge in [0.2, 0.25) is 0 Å². The molecule has 0 aliphatic rings. The second-order valence-electron chi connectivity index (χ2n) is 3.99. The molecule has 2 aromatic rings. The third kappa shape index (κ3) is 3.64. The van der Waals surface area contributed by atoms with Crippen molar-refractivity contribution in [2.45, 2.75) is 12.7 Å². The second-order valence-corrected chi connectivity index (χ2v) is 7.74. The van der Waals surface area contributed by atoms with Gasteiger partial charge in [-0.25, -0.2) is 0 Å². The summed E-state index contributed by atoms with van der Waals surface area (Å²) in [6, 6.07) is 4.27. The number of halogens is 5. The molecule has 0 fully saturated rings. The number of alkyl halides is 3. The molecular weight excluding hydrogens is 439 g/mol. The number of Topliss-reactive ketones (excluding diaryl/α,β-unsaturated/α-hetero) is 1. The highest BCUT2D eigenvalue weighted by molar-refractivity contribution is 9.12. The molecule has 0 saturated carbocycles. The lowest BCUT2D eigenvalue weighted by molar-refractivity contribution is -0.144. The first-order valence-electron chi connectivity index (χ1n) is 5.45. The molecule has 0 atom stereocenters. The SMILES string of the molecule is O=C(Cn1c(C(F)(F)F)cccc1=O)c1cc(Br)sc1Br. The fourth-order valence-corrected chi connectivity index (χ4v) is 4.55. The van der Waals surface area contributed by atoms with Crippen LogP contribution in [0, 0.1) is 0 Å². The van der Waals surface area contributed by atoms with E-state index in [2.05, 4.69) is 31.9 Å². The highest BCUT2D eigenvalue weighted by atomic mass is 79.9. The average molecular weight is 445 g/mol. The van der Waals surface area contributed by atoms with Crippen LogP contribution in [0.1, 0.15) is 16.1 Å². The van der Waals surface area contributed by atoms with E-state index >= 15 is 0 Å². The lowest BCUT2D eigenvalue weighted by Gasteiger charge is -2.14. The summed E-state index contributed by atoms with van der Waals surface area (Å²) in [5.74, 6) is -0.581. The summed E-state index contributed by atoms with van der Waals surface area (Å²) in [6.07, 6.45) is -4.70. The zero-order valence-corrected chi connectivity index (χ0v) is 14.1. The van der Waals surface area contributed by atoms with Gasteiger partial charge in [-0.05, 0) is 44.0 Å². The summed E-state index contributed by atoms with van der Waals surface area (Å²) < 4.78 is 40.2. The van der Waals surface area contributed by atoms with Gasteiger partial charge in [0.05, 0.1) is 14.1 Å². The molecule has 0 aliphatic carbocycles. The molecule has 21 heavy (non-hydrogen) atoms. The van der Waals surface area contributed by atoms with E-state index in [0.717, 1.165) is 18.2 Å². The molecule has 0 saturated heterocycles. The van der Waals surface area contributed by atoms with E-state index < -0.39 is 29.8 Å². The molecule has 0 amide bonds. The van der Waals surface area contributed by atoms with Crippen molar-refractivity contribution in [3.05, 3.63) is 53.4 Å². The number of thiophene rings is 1. The molecule has 2 heterocycles. The Hall–Kier alpha value is -0.930. The molecule has 2 rings (SSSR count). The molecule has 0 N–H and O–H groups in total. The normalized spacial score (nSPS) is 11.7. The maximum Gasteiger partial charge on any atom is 0.431 e. The Morgan fingerprint density at radius 3 is 2.48 bits per heavy atom. The van der Waals surface area contributed by atoms with Crippen molar-refractivity contribution in [2.24, 2.45) is 0 Å². The predicted octanol–water partition coefficient (Wildman–Crippen LogP) is 4.34.